The first kappa shape index (κ1) is 22.1. The molecular weight excluding hydrogens is 446 g/mol. The first-order valence-corrected chi connectivity index (χ1v) is 11.1. The molecule has 0 spiro atoms. The molecule has 1 N–H and O–H groups in total. The molecule has 0 saturated carbocycles. The zero-order chi connectivity index (χ0) is 24.0. The molecular formula is C27H23N3O5. The van der Waals surface area contributed by atoms with Gasteiger partial charge in [-0.05, 0) is 23.3 Å². The van der Waals surface area contributed by atoms with Gasteiger partial charge >= 0.3 is 12.2 Å². The molecule has 2 amide bonds. The summed E-state index contributed by atoms with van der Waals surface area (Å²) in [5.41, 5.74) is 3.94. The maximum absolute atomic E-state index is 12.5. The van der Waals surface area contributed by atoms with E-state index in [1.807, 2.05) is 71.6 Å². The molecule has 2 aliphatic rings. The van der Waals surface area contributed by atoms with Crippen molar-refractivity contribution in [3.8, 4) is 5.75 Å². The molecule has 8 heteroatoms. The number of fused-ring (bicyclic) bond motifs is 3. The van der Waals surface area contributed by atoms with Crippen molar-refractivity contribution in [2.45, 2.75) is 13.2 Å². The third-order valence-electron chi connectivity index (χ3n) is 5.48. The van der Waals surface area contributed by atoms with E-state index >= 15 is 0 Å². The van der Waals surface area contributed by atoms with Crippen LogP contribution in [0.1, 0.15) is 11.1 Å². The Morgan fingerprint density at radius 1 is 0.857 bits per heavy atom. The molecule has 3 aromatic carbocycles. The maximum atomic E-state index is 12.5. The fourth-order valence-corrected chi connectivity index (χ4v) is 3.70. The van der Waals surface area contributed by atoms with E-state index < -0.39 is 12.2 Å². The SMILES string of the molecule is O=C(Nc1ccc2c(c1)OC=C1CN(C(=O)OCc3ccccc3)C=CN12)OCc1ccccc1. The lowest BCUT2D eigenvalue weighted by molar-refractivity contribution is 0.112. The van der Waals surface area contributed by atoms with E-state index in [1.165, 1.54) is 4.90 Å². The molecule has 0 bridgehead atoms. The van der Waals surface area contributed by atoms with Crippen molar-refractivity contribution >= 4 is 23.6 Å². The molecule has 3 aromatic rings. The maximum Gasteiger partial charge on any atom is 0.414 e. The van der Waals surface area contributed by atoms with Crippen molar-refractivity contribution in [3.63, 3.8) is 0 Å². The Morgan fingerprint density at radius 2 is 1.54 bits per heavy atom. The zero-order valence-electron chi connectivity index (χ0n) is 18.8. The van der Waals surface area contributed by atoms with Gasteiger partial charge in [0.05, 0.1) is 17.9 Å². The molecule has 8 nitrogen and oxygen atoms in total. The van der Waals surface area contributed by atoms with Crippen LogP contribution in [0.4, 0.5) is 21.0 Å². The lowest BCUT2D eigenvalue weighted by Crippen LogP contribution is -2.38. The van der Waals surface area contributed by atoms with Crippen LogP contribution in [0.2, 0.25) is 0 Å². The lowest BCUT2D eigenvalue weighted by Gasteiger charge is -2.35. The summed E-state index contributed by atoms with van der Waals surface area (Å²) in [5.74, 6) is 0.569. The average Bonchev–Trinajstić information content (AvgIpc) is 2.91. The lowest BCUT2D eigenvalue weighted by atomic mass is 10.2. The quantitative estimate of drug-likeness (QED) is 0.524. The summed E-state index contributed by atoms with van der Waals surface area (Å²) in [4.78, 5) is 28.1. The van der Waals surface area contributed by atoms with Gasteiger partial charge < -0.3 is 19.1 Å². The molecule has 2 heterocycles. The molecule has 2 aliphatic heterocycles. The average molecular weight is 469 g/mol. The third-order valence-corrected chi connectivity index (χ3v) is 5.48. The molecule has 0 fully saturated rings. The number of hydrogen-bond acceptors (Lipinski definition) is 6. The number of carbonyl (C=O) groups is 2. The smallest absolute Gasteiger partial charge is 0.414 e. The fourth-order valence-electron chi connectivity index (χ4n) is 3.70. The number of benzene rings is 3. The van der Waals surface area contributed by atoms with E-state index in [-0.39, 0.29) is 13.2 Å². The predicted octanol–water partition coefficient (Wildman–Crippen LogP) is 5.60. The van der Waals surface area contributed by atoms with Gasteiger partial charge in [0.1, 0.15) is 19.5 Å². The van der Waals surface area contributed by atoms with Gasteiger partial charge in [-0.15, -0.1) is 0 Å². The number of nitrogens with one attached hydrogen (secondary N) is 1. The third kappa shape index (κ3) is 5.27. The summed E-state index contributed by atoms with van der Waals surface area (Å²) in [6, 6.07) is 24.3. The number of amides is 2. The highest BCUT2D eigenvalue weighted by Crippen LogP contribution is 2.38. The van der Waals surface area contributed by atoms with E-state index in [0.717, 1.165) is 22.5 Å². The van der Waals surface area contributed by atoms with E-state index in [0.29, 0.717) is 18.0 Å². The molecule has 0 radical (unpaired) electrons. The van der Waals surface area contributed by atoms with E-state index in [1.54, 1.807) is 30.8 Å². The minimum atomic E-state index is -0.552. The van der Waals surface area contributed by atoms with Crippen LogP contribution in [0.25, 0.3) is 0 Å². The molecule has 0 aliphatic carbocycles. The Kier molecular flexibility index (Phi) is 6.34. The van der Waals surface area contributed by atoms with Gasteiger partial charge in [-0.1, -0.05) is 60.7 Å². The topological polar surface area (TPSA) is 80.3 Å². The van der Waals surface area contributed by atoms with Gasteiger partial charge in [0.2, 0.25) is 0 Å². The summed E-state index contributed by atoms with van der Waals surface area (Å²) in [6.07, 6.45) is 4.04. The summed E-state index contributed by atoms with van der Waals surface area (Å²) in [7, 11) is 0. The molecule has 0 saturated heterocycles. The number of rotatable bonds is 5. The van der Waals surface area contributed by atoms with E-state index in [9.17, 15) is 9.59 Å². The number of hydrogen-bond donors (Lipinski definition) is 1. The zero-order valence-corrected chi connectivity index (χ0v) is 18.8. The number of carbonyl (C=O) groups excluding carboxylic acids is 2. The molecule has 35 heavy (non-hydrogen) atoms. The van der Waals surface area contributed by atoms with Crippen molar-refractivity contribution in [2.75, 3.05) is 16.8 Å². The second kappa shape index (κ2) is 10.0. The van der Waals surface area contributed by atoms with E-state index in [2.05, 4.69) is 5.32 Å². The van der Waals surface area contributed by atoms with Crippen molar-refractivity contribution in [2.24, 2.45) is 0 Å². The number of ether oxygens (including phenoxy) is 3. The van der Waals surface area contributed by atoms with Crippen molar-refractivity contribution in [1.29, 1.82) is 0 Å². The molecule has 176 valence electrons. The molecule has 0 unspecified atom stereocenters. The Hall–Kier alpha value is -4.72. The minimum Gasteiger partial charge on any atom is -0.461 e. The molecule has 0 aromatic heterocycles. The Balaban J connectivity index is 1.19. The van der Waals surface area contributed by atoms with Crippen LogP contribution >= 0.6 is 0 Å². The monoisotopic (exact) mass is 469 g/mol. The Morgan fingerprint density at radius 3 is 2.26 bits per heavy atom. The van der Waals surface area contributed by atoms with Gasteiger partial charge in [0.15, 0.2) is 5.75 Å². The molecule has 0 atom stereocenters. The summed E-state index contributed by atoms with van der Waals surface area (Å²) in [6.45, 7) is 0.689. The number of nitrogens with zero attached hydrogens (tertiary/aromatic N) is 2. The highest BCUT2D eigenvalue weighted by Gasteiger charge is 2.27. The first-order chi connectivity index (χ1) is 17.2. The highest BCUT2D eigenvalue weighted by atomic mass is 16.6. The van der Waals surface area contributed by atoms with Gasteiger partial charge in [-0.2, -0.15) is 0 Å². The fraction of sp³-hybridized carbons (Fsp3) is 0.111. The van der Waals surface area contributed by atoms with Gasteiger partial charge in [0.25, 0.3) is 0 Å². The van der Waals surface area contributed by atoms with Crippen LogP contribution in [0.15, 0.2) is 103 Å². The largest absolute Gasteiger partial charge is 0.461 e. The highest BCUT2D eigenvalue weighted by molar-refractivity contribution is 5.86. The summed E-state index contributed by atoms with van der Waals surface area (Å²) >= 11 is 0. The molecule has 5 rings (SSSR count). The van der Waals surface area contributed by atoms with Gasteiger partial charge in [0, 0.05) is 24.2 Å². The normalized spacial score (nSPS) is 13.7. The second-order valence-corrected chi connectivity index (χ2v) is 7.93. The van der Waals surface area contributed by atoms with Gasteiger partial charge in [-0.3, -0.25) is 10.2 Å². The Bertz CT molecular complexity index is 1270. The van der Waals surface area contributed by atoms with Gasteiger partial charge in [-0.25, -0.2) is 9.59 Å². The number of anilines is 2. The Labute approximate surface area is 202 Å². The van der Waals surface area contributed by atoms with Crippen LogP contribution in [-0.2, 0) is 22.7 Å². The van der Waals surface area contributed by atoms with Crippen LogP contribution < -0.4 is 15.0 Å². The van der Waals surface area contributed by atoms with Crippen molar-refractivity contribution in [3.05, 3.63) is 114 Å². The second-order valence-electron chi connectivity index (χ2n) is 7.93. The van der Waals surface area contributed by atoms with E-state index in [4.69, 9.17) is 14.2 Å². The predicted molar refractivity (Wildman–Crippen MR) is 130 cm³/mol. The summed E-state index contributed by atoms with van der Waals surface area (Å²) in [5, 5.41) is 2.72. The van der Waals surface area contributed by atoms with Crippen molar-refractivity contribution < 1.29 is 23.8 Å². The first-order valence-electron chi connectivity index (χ1n) is 11.1. The van der Waals surface area contributed by atoms with Crippen LogP contribution in [0.5, 0.6) is 5.75 Å². The van der Waals surface area contributed by atoms with Crippen LogP contribution in [0, 0.1) is 0 Å². The van der Waals surface area contributed by atoms with Crippen LogP contribution in [0.3, 0.4) is 0 Å². The standard InChI is InChI=1S/C27H23N3O5/c31-26(34-17-20-7-3-1-4-8-20)28-22-11-12-24-25(15-22)33-19-23-16-29(13-14-30(23)24)27(32)35-18-21-9-5-2-6-10-21/h1-15,19H,16-18H2,(H,28,31). The minimum absolute atomic E-state index is 0.184. The van der Waals surface area contributed by atoms with Crippen molar-refractivity contribution in [1.82, 2.24) is 4.90 Å². The summed E-state index contributed by atoms with van der Waals surface area (Å²) < 4.78 is 16.5. The van der Waals surface area contributed by atoms with Crippen LogP contribution in [-0.4, -0.2) is 23.6 Å².